The van der Waals surface area contributed by atoms with E-state index in [0.717, 1.165) is 36.1 Å². The van der Waals surface area contributed by atoms with E-state index < -0.39 is 0 Å². The third-order valence-corrected chi connectivity index (χ3v) is 2.76. The molecule has 0 radical (unpaired) electrons. The standard InChI is InChI=1S/C16H21NO3/c1-3-17-11-15-8-9-16(20-15)12-19-14-7-5-6-13(10-14)18-4-2/h5-10,17H,3-4,11-12H2,1-2H3. The van der Waals surface area contributed by atoms with Crippen LogP contribution < -0.4 is 14.8 Å². The summed E-state index contributed by atoms with van der Waals surface area (Å²) in [4.78, 5) is 0. The smallest absolute Gasteiger partial charge is 0.146 e. The van der Waals surface area contributed by atoms with Crippen molar-refractivity contribution in [2.75, 3.05) is 13.2 Å². The Morgan fingerprint density at radius 2 is 1.75 bits per heavy atom. The van der Waals surface area contributed by atoms with E-state index in [9.17, 15) is 0 Å². The van der Waals surface area contributed by atoms with Crippen LogP contribution in [0, 0.1) is 0 Å². The molecule has 0 amide bonds. The number of hydrogen-bond donors (Lipinski definition) is 1. The highest BCUT2D eigenvalue weighted by Gasteiger charge is 2.03. The molecular weight excluding hydrogens is 254 g/mol. The number of hydrogen-bond acceptors (Lipinski definition) is 4. The maximum absolute atomic E-state index is 5.70. The molecule has 1 N–H and O–H groups in total. The Kier molecular flexibility index (Phi) is 5.50. The lowest BCUT2D eigenvalue weighted by atomic mass is 10.3. The fraction of sp³-hybridized carbons (Fsp3) is 0.375. The molecular formula is C16H21NO3. The van der Waals surface area contributed by atoms with Crippen molar-refractivity contribution < 1.29 is 13.9 Å². The van der Waals surface area contributed by atoms with Crippen LogP contribution in [0.15, 0.2) is 40.8 Å². The molecule has 0 aliphatic heterocycles. The third-order valence-electron chi connectivity index (χ3n) is 2.76. The molecule has 2 aromatic rings. The van der Waals surface area contributed by atoms with Gasteiger partial charge in [0.1, 0.15) is 29.6 Å². The molecule has 0 spiro atoms. The Morgan fingerprint density at radius 1 is 1.00 bits per heavy atom. The third kappa shape index (κ3) is 4.31. The zero-order chi connectivity index (χ0) is 14.2. The number of rotatable bonds is 8. The van der Waals surface area contributed by atoms with Gasteiger partial charge in [-0.25, -0.2) is 0 Å². The van der Waals surface area contributed by atoms with Crippen molar-refractivity contribution in [2.24, 2.45) is 0 Å². The van der Waals surface area contributed by atoms with Gasteiger partial charge in [-0.15, -0.1) is 0 Å². The molecule has 0 atom stereocenters. The van der Waals surface area contributed by atoms with Gasteiger partial charge in [0.05, 0.1) is 13.2 Å². The predicted octanol–water partition coefficient (Wildman–Crippen LogP) is 3.37. The van der Waals surface area contributed by atoms with Gasteiger partial charge in [0.25, 0.3) is 0 Å². The van der Waals surface area contributed by atoms with Crippen molar-refractivity contribution in [3.05, 3.63) is 47.9 Å². The van der Waals surface area contributed by atoms with Crippen LogP contribution in [0.3, 0.4) is 0 Å². The van der Waals surface area contributed by atoms with Crippen LogP contribution in [-0.2, 0) is 13.2 Å². The van der Waals surface area contributed by atoms with Crippen LogP contribution >= 0.6 is 0 Å². The molecule has 0 fully saturated rings. The lowest BCUT2D eigenvalue weighted by molar-refractivity contribution is 0.262. The van der Waals surface area contributed by atoms with E-state index in [-0.39, 0.29) is 0 Å². The monoisotopic (exact) mass is 275 g/mol. The summed E-state index contributed by atoms with van der Waals surface area (Å²) in [7, 11) is 0. The van der Waals surface area contributed by atoms with Gasteiger partial charge < -0.3 is 19.2 Å². The maximum atomic E-state index is 5.70. The second-order valence-corrected chi connectivity index (χ2v) is 4.34. The molecule has 4 heteroatoms. The summed E-state index contributed by atoms with van der Waals surface area (Å²) in [5.74, 6) is 3.34. The molecule has 0 aliphatic carbocycles. The van der Waals surface area contributed by atoms with Crippen LogP contribution in [0.2, 0.25) is 0 Å². The number of ether oxygens (including phenoxy) is 2. The van der Waals surface area contributed by atoms with E-state index in [0.29, 0.717) is 13.2 Å². The van der Waals surface area contributed by atoms with Crippen molar-refractivity contribution >= 4 is 0 Å². The van der Waals surface area contributed by atoms with Gasteiger partial charge in [0.15, 0.2) is 0 Å². The van der Waals surface area contributed by atoms with E-state index in [4.69, 9.17) is 13.9 Å². The molecule has 108 valence electrons. The second-order valence-electron chi connectivity index (χ2n) is 4.34. The molecule has 4 nitrogen and oxygen atoms in total. The molecule has 0 unspecified atom stereocenters. The Bertz CT molecular complexity index is 522. The van der Waals surface area contributed by atoms with Crippen molar-refractivity contribution in [3.63, 3.8) is 0 Å². The molecule has 0 aliphatic rings. The van der Waals surface area contributed by atoms with E-state index in [1.54, 1.807) is 0 Å². The highest BCUT2D eigenvalue weighted by Crippen LogP contribution is 2.20. The lowest BCUT2D eigenvalue weighted by Gasteiger charge is -2.07. The molecule has 0 saturated heterocycles. The average molecular weight is 275 g/mol. The fourth-order valence-corrected chi connectivity index (χ4v) is 1.82. The van der Waals surface area contributed by atoms with Crippen molar-refractivity contribution in [2.45, 2.75) is 27.0 Å². The lowest BCUT2D eigenvalue weighted by Crippen LogP contribution is -2.10. The number of furan rings is 1. The van der Waals surface area contributed by atoms with E-state index in [1.807, 2.05) is 43.3 Å². The fourth-order valence-electron chi connectivity index (χ4n) is 1.82. The normalized spacial score (nSPS) is 10.5. The van der Waals surface area contributed by atoms with Crippen LogP contribution in [0.1, 0.15) is 25.4 Å². The quantitative estimate of drug-likeness (QED) is 0.802. The molecule has 1 aromatic heterocycles. The molecule has 1 heterocycles. The highest BCUT2D eigenvalue weighted by molar-refractivity contribution is 5.33. The van der Waals surface area contributed by atoms with Crippen LogP contribution in [0.4, 0.5) is 0 Å². The second kappa shape index (κ2) is 7.60. The summed E-state index contributed by atoms with van der Waals surface area (Å²) < 4.78 is 16.8. The van der Waals surface area contributed by atoms with E-state index in [1.165, 1.54) is 0 Å². The summed E-state index contributed by atoms with van der Waals surface area (Å²) in [6, 6.07) is 11.5. The Labute approximate surface area is 119 Å². The number of benzene rings is 1. The molecule has 1 aromatic carbocycles. The highest BCUT2D eigenvalue weighted by atomic mass is 16.5. The van der Waals surface area contributed by atoms with Gasteiger partial charge in [-0.05, 0) is 37.7 Å². The minimum atomic E-state index is 0.418. The molecule has 0 saturated carbocycles. The van der Waals surface area contributed by atoms with Crippen LogP contribution in [-0.4, -0.2) is 13.2 Å². The Morgan fingerprint density at radius 3 is 2.50 bits per heavy atom. The number of nitrogens with one attached hydrogen (secondary N) is 1. The Hall–Kier alpha value is -1.94. The summed E-state index contributed by atoms with van der Waals surface area (Å²) in [6.07, 6.45) is 0. The van der Waals surface area contributed by atoms with Gasteiger partial charge in [0, 0.05) is 6.07 Å². The predicted molar refractivity (Wildman–Crippen MR) is 78.0 cm³/mol. The first-order valence-electron chi connectivity index (χ1n) is 6.95. The van der Waals surface area contributed by atoms with Gasteiger partial charge >= 0.3 is 0 Å². The molecule has 2 rings (SSSR count). The first kappa shape index (κ1) is 14.5. The first-order valence-corrected chi connectivity index (χ1v) is 6.95. The zero-order valence-electron chi connectivity index (χ0n) is 12.0. The topological polar surface area (TPSA) is 43.6 Å². The SMILES string of the molecule is CCNCc1ccc(COc2cccc(OCC)c2)o1. The Balaban J connectivity index is 1.88. The first-order chi connectivity index (χ1) is 9.81. The van der Waals surface area contributed by atoms with Crippen LogP contribution in [0.25, 0.3) is 0 Å². The van der Waals surface area contributed by atoms with E-state index >= 15 is 0 Å². The summed E-state index contributed by atoms with van der Waals surface area (Å²) in [5, 5.41) is 3.22. The van der Waals surface area contributed by atoms with Gasteiger partial charge in [-0.3, -0.25) is 0 Å². The van der Waals surface area contributed by atoms with Crippen molar-refractivity contribution in [1.29, 1.82) is 0 Å². The average Bonchev–Trinajstić information content (AvgIpc) is 2.92. The van der Waals surface area contributed by atoms with Gasteiger partial charge in [-0.1, -0.05) is 13.0 Å². The van der Waals surface area contributed by atoms with Crippen molar-refractivity contribution in [3.8, 4) is 11.5 Å². The minimum absolute atomic E-state index is 0.418. The van der Waals surface area contributed by atoms with Gasteiger partial charge in [0.2, 0.25) is 0 Å². The van der Waals surface area contributed by atoms with Crippen molar-refractivity contribution in [1.82, 2.24) is 5.32 Å². The summed E-state index contributed by atoms with van der Waals surface area (Å²) in [5.41, 5.74) is 0. The van der Waals surface area contributed by atoms with Crippen LogP contribution in [0.5, 0.6) is 11.5 Å². The van der Waals surface area contributed by atoms with Gasteiger partial charge in [-0.2, -0.15) is 0 Å². The maximum Gasteiger partial charge on any atom is 0.146 e. The minimum Gasteiger partial charge on any atom is -0.494 e. The van der Waals surface area contributed by atoms with E-state index in [2.05, 4.69) is 12.2 Å². The summed E-state index contributed by atoms with van der Waals surface area (Å²) in [6.45, 7) is 6.77. The zero-order valence-corrected chi connectivity index (χ0v) is 12.0. The molecule has 0 bridgehead atoms. The largest absolute Gasteiger partial charge is 0.494 e. The molecule has 20 heavy (non-hydrogen) atoms. The summed E-state index contributed by atoms with van der Waals surface area (Å²) >= 11 is 0.